The van der Waals surface area contributed by atoms with Crippen molar-refractivity contribution in [3.05, 3.63) is 0 Å². The van der Waals surface area contributed by atoms with E-state index in [1.54, 1.807) is 6.92 Å². The summed E-state index contributed by atoms with van der Waals surface area (Å²) in [6.07, 6.45) is 0.0826. The van der Waals surface area contributed by atoms with Gasteiger partial charge in [0, 0.05) is 13.1 Å². The van der Waals surface area contributed by atoms with Gasteiger partial charge < -0.3 is 15.4 Å². The summed E-state index contributed by atoms with van der Waals surface area (Å²) in [5.74, 6) is 0.138. The van der Waals surface area contributed by atoms with Crippen LogP contribution in [0.25, 0.3) is 0 Å². The topological polar surface area (TPSA) is 85.5 Å². The van der Waals surface area contributed by atoms with E-state index >= 15 is 0 Å². The molecule has 1 unspecified atom stereocenters. The lowest BCUT2D eigenvalue weighted by Gasteiger charge is -2.32. The van der Waals surface area contributed by atoms with Crippen LogP contribution in [0.15, 0.2) is 4.90 Å². The average molecular weight is 291 g/mol. The summed E-state index contributed by atoms with van der Waals surface area (Å²) in [5.41, 5.74) is 5.71. The Bertz CT molecular complexity index is 526. The molecule has 8 heteroatoms. The second-order valence-electron chi connectivity index (χ2n) is 4.23. The Morgan fingerprint density at radius 1 is 1.61 bits per heavy atom. The first kappa shape index (κ1) is 13.6. The molecular weight excluding hydrogens is 274 g/mol. The number of rotatable bonds is 3. The van der Waals surface area contributed by atoms with Crippen LogP contribution < -0.4 is 10.6 Å². The van der Waals surface area contributed by atoms with Crippen LogP contribution in [0.4, 0.5) is 10.8 Å². The lowest BCUT2D eigenvalue weighted by atomic mass is 10.3. The minimum absolute atomic E-state index is 0.0303. The van der Waals surface area contributed by atoms with Gasteiger partial charge in [-0.05, 0) is 18.5 Å². The number of hydrogen-bond acceptors (Lipinski definition) is 7. The monoisotopic (exact) mass is 291 g/mol. The molecule has 0 aliphatic carbocycles. The van der Waals surface area contributed by atoms with E-state index in [9.17, 15) is 8.42 Å². The Morgan fingerprint density at radius 3 is 2.94 bits per heavy atom. The summed E-state index contributed by atoms with van der Waals surface area (Å²) in [7, 11) is -3.34. The van der Waals surface area contributed by atoms with Gasteiger partial charge in [0.25, 0.3) is 0 Å². The zero-order valence-electron chi connectivity index (χ0n) is 10.4. The lowest BCUT2D eigenvalue weighted by Crippen LogP contribution is -2.41. The van der Waals surface area contributed by atoms with Crippen molar-refractivity contribution in [1.82, 2.24) is 4.37 Å². The predicted octanol–water partition coefficient (Wildman–Crippen LogP) is 0.744. The fraction of sp³-hybridized carbons (Fsp3) is 0.700. The van der Waals surface area contributed by atoms with Gasteiger partial charge in [0.1, 0.15) is 9.90 Å². The number of anilines is 2. The molecule has 102 valence electrons. The van der Waals surface area contributed by atoms with Crippen molar-refractivity contribution in [3.8, 4) is 0 Å². The summed E-state index contributed by atoms with van der Waals surface area (Å²) in [4.78, 5) is 2.18. The Labute approximate surface area is 111 Å². The molecule has 1 aliphatic rings. The number of sulfone groups is 1. The third-order valence-electron chi connectivity index (χ3n) is 2.88. The second kappa shape index (κ2) is 5.02. The van der Waals surface area contributed by atoms with E-state index in [0.29, 0.717) is 24.7 Å². The molecule has 2 rings (SSSR count). The summed E-state index contributed by atoms with van der Waals surface area (Å²) in [6.45, 7) is 5.49. The highest BCUT2D eigenvalue weighted by Gasteiger charge is 2.29. The zero-order chi connectivity index (χ0) is 13.3. The van der Waals surface area contributed by atoms with Crippen LogP contribution in [0.1, 0.15) is 13.8 Å². The molecule has 1 saturated heterocycles. The van der Waals surface area contributed by atoms with Gasteiger partial charge in [0.15, 0.2) is 15.7 Å². The van der Waals surface area contributed by atoms with Gasteiger partial charge in [0.2, 0.25) is 0 Å². The molecule has 1 aliphatic heterocycles. The largest absolute Gasteiger partial charge is 0.382 e. The van der Waals surface area contributed by atoms with Crippen molar-refractivity contribution < 1.29 is 13.2 Å². The molecule has 18 heavy (non-hydrogen) atoms. The van der Waals surface area contributed by atoms with E-state index in [1.165, 1.54) is 0 Å². The molecule has 2 heterocycles. The van der Waals surface area contributed by atoms with Crippen molar-refractivity contribution in [1.29, 1.82) is 0 Å². The highest BCUT2D eigenvalue weighted by Crippen LogP contribution is 2.36. The number of hydrogen-bond donors (Lipinski definition) is 1. The van der Waals surface area contributed by atoms with E-state index in [4.69, 9.17) is 10.5 Å². The molecule has 1 fully saturated rings. The van der Waals surface area contributed by atoms with Gasteiger partial charge >= 0.3 is 0 Å². The number of aromatic nitrogens is 1. The fourth-order valence-corrected chi connectivity index (χ4v) is 4.27. The lowest BCUT2D eigenvalue weighted by molar-refractivity contribution is 0.0533. The van der Waals surface area contributed by atoms with Crippen LogP contribution in [0, 0.1) is 0 Å². The van der Waals surface area contributed by atoms with Crippen molar-refractivity contribution in [3.63, 3.8) is 0 Å². The van der Waals surface area contributed by atoms with Crippen LogP contribution in [-0.2, 0) is 14.6 Å². The maximum Gasteiger partial charge on any atom is 0.184 e. The van der Waals surface area contributed by atoms with Crippen LogP contribution in [0.3, 0.4) is 0 Å². The highest BCUT2D eigenvalue weighted by atomic mass is 32.2. The third kappa shape index (κ3) is 2.45. The number of ether oxygens (including phenoxy) is 1. The molecular formula is C10H17N3O3S2. The number of nitrogen functional groups attached to an aromatic ring is 1. The van der Waals surface area contributed by atoms with E-state index in [1.807, 2.05) is 11.8 Å². The maximum absolute atomic E-state index is 12.1. The summed E-state index contributed by atoms with van der Waals surface area (Å²) < 4.78 is 33.6. The zero-order valence-corrected chi connectivity index (χ0v) is 12.1. The Hall–Kier alpha value is -0.860. The molecule has 1 atom stereocenters. The molecule has 0 amide bonds. The minimum Gasteiger partial charge on any atom is -0.382 e. The van der Waals surface area contributed by atoms with Gasteiger partial charge in [-0.3, -0.25) is 0 Å². The van der Waals surface area contributed by atoms with Crippen LogP contribution >= 0.6 is 11.5 Å². The van der Waals surface area contributed by atoms with E-state index in [2.05, 4.69) is 4.37 Å². The van der Waals surface area contributed by atoms with E-state index < -0.39 is 9.84 Å². The van der Waals surface area contributed by atoms with E-state index in [-0.39, 0.29) is 22.6 Å². The molecule has 0 saturated carbocycles. The SMILES string of the molecule is CCS(=O)(=O)c1c(N)nsc1N1CCOC(C)C1. The molecule has 0 aromatic carbocycles. The number of nitrogens with zero attached hydrogens (tertiary/aromatic N) is 2. The van der Waals surface area contributed by atoms with Crippen LogP contribution in [0.5, 0.6) is 0 Å². The van der Waals surface area contributed by atoms with Gasteiger partial charge in [-0.25, -0.2) is 8.42 Å². The summed E-state index contributed by atoms with van der Waals surface area (Å²) in [6, 6.07) is 0. The van der Waals surface area contributed by atoms with Crippen molar-refractivity contribution >= 4 is 32.2 Å². The molecule has 2 N–H and O–H groups in total. The normalized spacial score (nSPS) is 21.2. The van der Waals surface area contributed by atoms with Crippen LogP contribution in [-0.4, -0.2) is 44.3 Å². The molecule has 0 spiro atoms. The van der Waals surface area contributed by atoms with Gasteiger partial charge in [-0.15, -0.1) is 0 Å². The minimum atomic E-state index is -3.34. The first-order valence-corrected chi connectivity index (χ1v) is 8.22. The Balaban J connectivity index is 2.40. The quantitative estimate of drug-likeness (QED) is 0.884. The second-order valence-corrected chi connectivity index (χ2v) is 7.20. The Kier molecular flexibility index (Phi) is 3.79. The standard InChI is InChI=1S/C10H17N3O3S2/c1-3-18(14,15)8-9(11)12-17-10(8)13-4-5-16-7(2)6-13/h7H,3-6H2,1-2H3,(H2,11,12). The molecule has 1 aromatic rings. The van der Waals surface area contributed by atoms with E-state index in [0.717, 1.165) is 11.5 Å². The van der Waals surface area contributed by atoms with Gasteiger partial charge in [-0.1, -0.05) is 6.92 Å². The molecule has 0 bridgehead atoms. The third-order valence-corrected chi connectivity index (χ3v) is 5.71. The van der Waals surface area contributed by atoms with Crippen molar-refractivity contribution in [2.75, 3.05) is 36.1 Å². The first-order valence-electron chi connectivity index (χ1n) is 5.80. The summed E-state index contributed by atoms with van der Waals surface area (Å²) in [5, 5.41) is 0.643. The highest BCUT2D eigenvalue weighted by molar-refractivity contribution is 7.91. The smallest absolute Gasteiger partial charge is 0.184 e. The molecule has 1 aromatic heterocycles. The Morgan fingerprint density at radius 2 is 2.33 bits per heavy atom. The molecule has 6 nitrogen and oxygen atoms in total. The van der Waals surface area contributed by atoms with Crippen molar-refractivity contribution in [2.45, 2.75) is 24.8 Å². The fourth-order valence-electron chi connectivity index (χ4n) is 1.93. The molecule has 0 radical (unpaired) electrons. The van der Waals surface area contributed by atoms with Gasteiger partial charge in [0.05, 0.1) is 18.5 Å². The van der Waals surface area contributed by atoms with Gasteiger partial charge in [-0.2, -0.15) is 4.37 Å². The number of nitrogens with two attached hydrogens (primary N) is 1. The summed E-state index contributed by atoms with van der Waals surface area (Å²) >= 11 is 1.14. The predicted molar refractivity (Wildman–Crippen MR) is 71.9 cm³/mol. The number of morpholine rings is 1. The van der Waals surface area contributed by atoms with Crippen LogP contribution in [0.2, 0.25) is 0 Å². The first-order chi connectivity index (χ1) is 8.45. The van der Waals surface area contributed by atoms with Crippen molar-refractivity contribution in [2.24, 2.45) is 0 Å². The average Bonchev–Trinajstić information content (AvgIpc) is 2.72. The maximum atomic E-state index is 12.1.